The minimum Gasteiger partial charge on any atom is -0.399 e. The molecule has 0 bridgehead atoms. The van der Waals surface area contributed by atoms with E-state index in [-0.39, 0.29) is 12.2 Å². The van der Waals surface area contributed by atoms with Gasteiger partial charge in [0.1, 0.15) is 0 Å². The van der Waals surface area contributed by atoms with Crippen molar-refractivity contribution in [3.8, 4) is 0 Å². The molecule has 0 aliphatic heterocycles. The minimum atomic E-state index is -0.745. The number of nitrogens with zero attached hydrogens (tertiary/aromatic N) is 4. The molecule has 1 aromatic carbocycles. The fourth-order valence-corrected chi connectivity index (χ4v) is 2.18. The van der Waals surface area contributed by atoms with Crippen LogP contribution < -0.4 is 5.73 Å². The average Bonchev–Trinajstić information content (AvgIpc) is 3.21. The van der Waals surface area contributed by atoms with E-state index in [2.05, 4.69) is 20.6 Å². The number of tetrazole rings is 1. The van der Waals surface area contributed by atoms with E-state index in [1.807, 2.05) is 41.2 Å². The molecule has 0 unspecified atom stereocenters. The van der Waals surface area contributed by atoms with Gasteiger partial charge < -0.3 is 10.3 Å². The third kappa shape index (κ3) is 3.49. The number of nitrogens with two attached hydrogens (primary N) is 1. The first-order valence-electron chi connectivity index (χ1n) is 6.92. The Labute approximate surface area is 131 Å². The fraction of sp³-hybridized carbons (Fsp3) is 0.133. The first-order valence-corrected chi connectivity index (χ1v) is 6.92. The largest absolute Gasteiger partial charge is 0.399 e. The van der Waals surface area contributed by atoms with Crippen LogP contribution in [-0.4, -0.2) is 36.8 Å². The van der Waals surface area contributed by atoms with Gasteiger partial charge in [0, 0.05) is 31.0 Å². The Morgan fingerprint density at radius 3 is 2.61 bits per heavy atom. The van der Waals surface area contributed by atoms with Crippen LogP contribution in [0.4, 0.5) is 5.69 Å². The van der Waals surface area contributed by atoms with Crippen molar-refractivity contribution in [2.45, 2.75) is 13.0 Å². The first kappa shape index (κ1) is 14.6. The van der Waals surface area contributed by atoms with Crippen molar-refractivity contribution in [3.63, 3.8) is 0 Å². The lowest BCUT2D eigenvalue weighted by Gasteiger charge is -2.03. The zero-order valence-corrected chi connectivity index (χ0v) is 12.1. The predicted molar refractivity (Wildman–Crippen MR) is 81.6 cm³/mol. The monoisotopic (exact) mass is 310 g/mol. The topological polar surface area (TPSA) is 120 Å². The van der Waals surface area contributed by atoms with E-state index in [1.54, 1.807) is 6.07 Å². The molecule has 0 amide bonds. The molecule has 2 aromatic heterocycles. The summed E-state index contributed by atoms with van der Waals surface area (Å²) in [4.78, 5) is 23.7. The molecule has 0 radical (unpaired) electrons. The maximum atomic E-state index is 11.9. The van der Waals surface area contributed by atoms with Crippen LogP contribution in [0.1, 0.15) is 21.7 Å². The summed E-state index contributed by atoms with van der Waals surface area (Å²) < 4.78 is 1.94. The number of nitrogen functional groups attached to an aromatic ring is 1. The lowest BCUT2D eigenvalue weighted by atomic mass is 10.1. The number of ketones is 2. The third-order valence-electron chi connectivity index (χ3n) is 3.32. The number of hydrogen-bond acceptors (Lipinski definition) is 6. The Hall–Kier alpha value is -3.29. The molecule has 0 spiro atoms. The van der Waals surface area contributed by atoms with E-state index in [1.165, 1.54) is 0 Å². The van der Waals surface area contributed by atoms with Gasteiger partial charge in [-0.05, 0) is 34.5 Å². The molecule has 0 atom stereocenters. The van der Waals surface area contributed by atoms with Crippen molar-refractivity contribution in [1.29, 1.82) is 0 Å². The molecule has 8 nitrogen and oxygen atoms in total. The molecule has 8 heteroatoms. The number of rotatable bonds is 6. The zero-order valence-electron chi connectivity index (χ0n) is 12.1. The number of anilines is 1. The Bertz CT molecular complexity index is 820. The lowest BCUT2D eigenvalue weighted by molar-refractivity contribution is -0.114. The molecule has 3 N–H and O–H groups in total. The molecule has 23 heavy (non-hydrogen) atoms. The molecule has 0 fully saturated rings. The van der Waals surface area contributed by atoms with E-state index >= 15 is 0 Å². The van der Waals surface area contributed by atoms with Crippen LogP contribution in [-0.2, 0) is 17.8 Å². The molecule has 0 saturated heterocycles. The number of aromatic nitrogens is 5. The van der Waals surface area contributed by atoms with Crippen LogP contribution in [0.5, 0.6) is 0 Å². The summed E-state index contributed by atoms with van der Waals surface area (Å²) in [5.74, 6) is -1.53. The number of aromatic amines is 1. The minimum absolute atomic E-state index is 0.00209. The summed E-state index contributed by atoms with van der Waals surface area (Å²) >= 11 is 0. The van der Waals surface area contributed by atoms with Crippen molar-refractivity contribution in [1.82, 2.24) is 25.2 Å². The van der Waals surface area contributed by atoms with Gasteiger partial charge >= 0.3 is 0 Å². The Morgan fingerprint density at radius 1 is 1.13 bits per heavy atom. The predicted octanol–water partition coefficient (Wildman–Crippen LogP) is 0.626. The number of benzene rings is 1. The van der Waals surface area contributed by atoms with Gasteiger partial charge in [0.15, 0.2) is 0 Å². The molecule has 0 aliphatic carbocycles. The van der Waals surface area contributed by atoms with Crippen LogP contribution in [0, 0.1) is 0 Å². The quantitative estimate of drug-likeness (QED) is 0.391. The van der Waals surface area contributed by atoms with Gasteiger partial charge in [0.05, 0.1) is 0 Å². The normalized spacial score (nSPS) is 10.6. The Kier molecular flexibility index (Phi) is 3.96. The maximum Gasteiger partial charge on any atom is 0.269 e. The average molecular weight is 310 g/mol. The zero-order chi connectivity index (χ0) is 16.2. The maximum absolute atomic E-state index is 11.9. The van der Waals surface area contributed by atoms with Gasteiger partial charge in [-0.1, -0.05) is 12.1 Å². The smallest absolute Gasteiger partial charge is 0.269 e. The van der Waals surface area contributed by atoms with Gasteiger partial charge in [-0.3, -0.25) is 9.59 Å². The number of carbonyl (C=O) groups is 2. The van der Waals surface area contributed by atoms with Gasteiger partial charge in [0.2, 0.25) is 11.6 Å². The van der Waals surface area contributed by atoms with Crippen LogP contribution in [0.3, 0.4) is 0 Å². The molecule has 116 valence electrons. The van der Waals surface area contributed by atoms with E-state index in [9.17, 15) is 9.59 Å². The number of carbonyl (C=O) groups excluding carboxylic acids is 2. The molecule has 3 rings (SSSR count). The third-order valence-corrected chi connectivity index (χ3v) is 3.32. The van der Waals surface area contributed by atoms with E-state index in [0.29, 0.717) is 12.2 Å². The fourth-order valence-electron chi connectivity index (χ4n) is 2.18. The van der Waals surface area contributed by atoms with Crippen LogP contribution in [0.15, 0.2) is 42.7 Å². The first-order chi connectivity index (χ1) is 11.1. The van der Waals surface area contributed by atoms with Crippen molar-refractivity contribution >= 4 is 17.3 Å². The molecule has 2 heterocycles. The van der Waals surface area contributed by atoms with Gasteiger partial charge in [0.25, 0.3) is 5.78 Å². The highest BCUT2D eigenvalue weighted by Crippen LogP contribution is 2.10. The summed E-state index contributed by atoms with van der Waals surface area (Å²) in [6.07, 6.45) is 3.69. The summed E-state index contributed by atoms with van der Waals surface area (Å²) in [6.45, 7) is 0.660. The summed E-state index contributed by atoms with van der Waals surface area (Å²) in [6, 6.07) is 9.37. The highest BCUT2D eigenvalue weighted by Gasteiger charge is 2.20. The van der Waals surface area contributed by atoms with Crippen molar-refractivity contribution < 1.29 is 9.59 Å². The highest BCUT2D eigenvalue weighted by molar-refractivity contribution is 6.43. The van der Waals surface area contributed by atoms with Crippen LogP contribution in [0.2, 0.25) is 0 Å². The highest BCUT2D eigenvalue weighted by atomic mass is 16.2. The molecular formula is C15H14N6O2. The Morgan fingerprint density at radius 2 is 1.91 bits per heavy atom. The summed E-state index contributed by atoms with van der Waals surface area (Å²) in [5.41, 5.74) is 8.21. The SMILES string of the molecule is Nc1ccc(Cn2ccc(CC(=O)C(=O)c3nn[nH]n3)c2)cc1. The standard InChI is InChI=1S/C15H14N6O2/c16-12-3-1-10(2-4-12)8-21-6-5-11(9-21)7-13(22)14(23)15-17-19-20-18-15/h1-6,9H,7-8,16H2,(H,17,18,19,20). The molecule has 0 aliphatic rings. The molecule has 3 aromatic rings. The van der Waals surface area contributed by atoms with Crippen molar-refractivity contribution in [3.05, 3.63) is 59.7 Å². The van der Waals surface area contributed by atoms with E-state index < -0.39 is 11.6 Å². The second kappa shape index (κ2) is 6.22. The second-order valence-electron chi connectivity index (χ2n) is 5.10. The summed E-state index contributed by atoms with van der Waals surface area (Å²) in [7, 11) is 0. The van der Waals surface area contributed by atoms with Crippen LogP contribution in [0.25, 0.3) is 0 Å². The van der Waals surface area contributed by atoms with E-state index in [4.69, 9.17) is 5.73 Å². The van der Waals surface area contributed by atoms with Gasteiger partial charge in [-0.25, -0.2) is 0 Å². The second-order valence-corrected chi connectivity index (χ2v) is 5.10. The van der Waals surface area contributed by atoms with Gasteiger partial charge in [-0.2, -0.15) is 5.21 Å². The van der Waals surface area contributed by atoms with E-state index in [0.717, 1.165) is 11.1 Å². The Balaban J connectivity index is 1.64. The number of hydrogen-bond donors (Lipinski definition) is 2. The number of H-pyrrole nitrogens is 1. The van der Waals surface area contributed by atoms with Crippen molar-refractivity contribution in [2.24, 2.45) is 0 Å². The molecule has 0 saturated carbocycles. The van der Waals surface area contributed by atoms with Gasteiger partial charge in [-0.15, -0.1) is 10.2 Å². The lowest BCUT2D eigenvalue weighted by Crippen LogP contribution is -2.18. The summed E-state index contributed by atoms with van der Waals surface area (Å²) in [5, 5.41) is 12.4. The number of Topliss-reactive ketones (excluding diaryl/α,β-unsaturated/α-hetero) is 2. The van der Waals surface area contributed by atoms with Crippen molar-refractivity contribution in [2.75, 3.05) is 5.73 Å². The van der Waals surface area contributed by atoms with Crippen LogP contribution >= 0.6 is 0 Å². The number of nitrogens with one attached hydrogen (secondary N) is 1. The molecular weight excluding hydrogens is 296 g/mol.